The number of Topliss-reactive ketones (excluding diaryl/α,β-unsaturated/α-hetero) is 1. The van der Waals surface area contributed by atoms with Gasteiger partial charge in [0.25, 0.3) is 0 Å². The molecular formula is C41H61N11O14. The van der Waals surface area contributed by atoms with Crippen LogP contribution in [0.4, 0.5) is 0 Å². The minimum absolute atomic E-state index is 0.0776. The maximum absolute atomic E-state index is 13.9. The number of nitrogens with one attached hydrogen (secondary N) is 8. The Balaban J connectivity index is 2.59. The van der Waals surface area contributed by atoms with Gasteiger partial charge in [-0.1, -0.05) is 32.4 Å². The number of aromatic hydroxyl groups is 1. The number of carbonyl (C=O) groups excluding carboxylic acids is 12. The SMILES string of the molecule is CC[C@H](C)[C@@H]1NC(=O)[C@H](Cc2ccc(O)cc2)NC(=O)CNC(=O)CC[C@@H](C(=O)N(C)CC(=O)N[C@H](C(=O)NCC(C)=O)[C@H](C)O)NC(=O)[C@H](CC(N)=O)NC(=O)[C@H](CCC(N)=O)NC1=O. The van der Waals surface area contributed by atoms with E-state index >= 15 is 0 Å². The van der Waals surface area contributed by atoms with Gasteiger partial charge in [-0.2, -0.15) is 0 Å². The lowest BCUT2D eigenvalue weighted by Gasteiger charge is -2.29. The molecule has 0 aromatic heterocycles. The summed E-state index contributed by atoms with van der Waals surface area (Å²) < 4.78 is 0. The van der Waals surface area contributed by atoms with Crippen LogP contribution < -0.4 is 54.0 Å². The zero-order valence-corrected chi connectivity index (χ0v) is 37.4. The molecule has 25 nitrogen and oxygen atoms in total. The molecule has 1 aromatic rings. The molecule has 11 amide bonds. The van der Waals surface area contributed by atoms with Gasteiger partial charge in [0, 0.05) is 26.3 Å². The van der Waals surface area contributed by atoms with Gasteiger partial charge in [0.1, 0.15) is 47.8 Å². The Labute approximate surface area is 380 Å². The van der Waals surface area contributed by atoms with E-state index < -0.39 is 171 Å². The first kappa shape index (κ1) is 55.0. The molecule has 2 rings (SSSR count). The van der Waals surface area contributed by atoms with Crippen LogP contribution in [-0.4, -0.2) is 155 Å². The smallest absolute Gasteiger partial charge is 0.245 e. The Bertz CT molecular complexity index is 1980. The Morgan fingerprint density at radius 2 is 1.42 bits per heavy atom. The number of nitrogens with two attached hydrogens (primary N) is 2. The van der Waals surface area contributed by atoms with E-state index in [1.807, 2.05) is 0 Å². The van der Waals surface area contributed by atoms with Gasteiger partial charge in [0.2, 0.25) is 65.0 Å². The Morgan fingerprint density at radius 3 is 2.00 bits per heavy atom. The van der Waals surface area contributed by atoms with Crippen molar-refractivity contribution in [1.82, 2.24) is 47.4 Å². The van der Waals surface area contributed by atoms with Crippen molar-refractivity contribution in [3.63, 3.8) is 0 Å². The van der Waals surface area contributed by atoms with Crippen LogP contribution in [0.15, 0.2) is 24.3 Å². The zero-order chi connectivity index (χ0) is 49.8. The van der Waals surface area contributed by atoms with E-state index in [-0.39, 0.29) is 12.2 Å². The minimum Gasteiger partial charge on any atom is -0.508 e. The van der Waals surface area contributed by atoms with Crippen molar-refractivity contribution in [2.45, 2.75) is 115 Å². The average molecular weight is 932 g/mol. The van der Waals surface area contributed by atoms with Gasteiger partial charge in [0.05, 0.1) is 32.2 Å². The van der Waals surface area contributed by atoms with Gasteiger partial charge in [-0.25, -0.2) is 0 Å². The van der Waals surface area contributed by atoms with Gasteiger partial charge < -0.3 is 69.1 Å². The number of hydrogen-bond acceptors (Lipinski definition) is 14. The van der Waals surface area contributed by atoms with Crippen molar-refractivity contribution in [3.8, 4) is 5.75 Å². The first-order chi connectivity index (χ1) is 30.9. The van der Waals surface area contributed by atoms with E-state index in [1.165, 1.54) is 38.1 Å². The molecule has 364 valence electrons. The second-order valence-corrected chi connectivity index (χ2v) is 15.9. The maximum Gasteiger partial charge on any atom is 0.245 e. The van der Waals surface area contributed by atoms with E-state index in [4.69, 9.17) is 11.5 Å². The van der Waals surface area contributed by atoms with E-state index in [9.17, 15) is 67.7 Å². The molecule has 1 aliphatic rings. The summed E-state index contributed by atoms with van der Waals surface area (Å²) in [6.45, 7) is 3.82. The fourth-order valence-corrected chi connectivity index (χ4v) is 6.36. The van der Waals surface area contributed by atoms with Crippen LogP contribution in [0.3, 0.4) is 0 Å². The van der Waals surface area contributed by atoms with Crippen molar-refractivity contribution < 1.29 is 67.7 Å². The first-order valence-corrected chi connectivity index (χ1v) is 21.0. The van der Waals surface area contributed by atoms with Gasteiger partial charge in [0.15, 0.2) is 0 Å². The lowest BCUT2D eigenvalue weighted by Crippen LogP contribution is -2.61. The number of ketones is 1. The number of rotatable bonds is 17. The highest BCUT2D eigenvalue weighted by Crippen LogP contribution is 2.14. The van der Waals surface area contributed by atoms with Gasteiger partial charge in [-0.15, -0.1) is 0 Å². The molecule has 0 spiro atoms. The third-order valence-corrected chi connectivity index (χ3v) is 10.2. The molecule has 1 saturated heterocycles. The summed E-state index contributed by atoms with van der Waals surface area (Å²) in [5.74, 6) is -11.8. The molecule has 14 N–H and O–H groups in total. The van der Waals surface area contributed by atoms with Crippen LogP contribution in [0.2, 0.25) is 0 Å². The molecule has 0 saturated carbocycles. The highest BCUT2D eigenvalue weighted by Gasteiger charge is 2.36. The van der Waals surface area contributed by atoms with E-state index in [0.717, 1.165) is 11.9 Å². The second kappa shape index (κ2) is 26.6. The molecule has 0 unspecified atom stereocenters. The number of aliphatic hydroxyl groups excluding tert-OH is 1. The van der Waals surface area contributed by atoms with Gasteiger partial charge in [-0.3, -0.25) is 57.5 Å². The molecule has 1 aliphatic heterocycles. The number of likely N-dealkylation sites (N-methyl/N-ethyl adjacent to an activating group) is 1. The van der Waals surface area contributed by atoms with Crippen molar-refractivity contribution in [3.05, 3.63) is 29.8 Å². The molecule has 1 heterocycles. The third-order valence-electron chi connectivity index (χ3n) is 10.2. The number of primary amides is 2. The van der Waals surface area contributed by atoms with Crippen LogP contribution >= 0.6 is 0 Å². The van der Waals surface area contributed by atoms with Crippen LogP contribution in [0.25, 0.3) is 0 Å². The molecule has 66 heavy (non-hydrogen) atoms. The van der Waals surface area contributed by atoms with Crippen molar-refractivity contribution >= 4 is 70.8 Å². The Hall–Kier alpha value is -7.18. The molecular weight excluding hydrogens is 871 g/mol. The highest BCUT2D eigenvalue weighted by atomic mass is 16.3. The highest BCUT2D eigenvalue weighted by molar-refractivity contribution is 5.99. The quantitative estimate of drug-likeness (QED) is 0.0694. The van der Waals surface area contributed by atoms with E-state index in [0.29, 0.717) is 12.0 Å². The van der Waals surface area contributed by atoms with Crippen molar-refractivity contribution in [2.75, 3.05) is 26.7 Å². The predicted octanol–water partition coefficient (Wildman–Crippen LogP) is -5.52. The van der Waals surface area contributed by atoms with E-state index in [2.05, 4.69) is 42.5 Å². The van der Waals surface area contributed by atoms with E-state index in [1.54, 1.807) is 13.8 Å². The molecule has 1 aromatic carbocycles. The molecule has 0 aliphatic carbocycles. The van der Waals surface area contributed by atoms with Crippen molar-refractivity contribution in [1.29, 1.82) is 0 Å². The third kappa shape index (κ3) is 18.9. The zero-order valence-electron chi connectivity index (χ0n) is 37.4. The van der Waals surface area contributed by atoms with Gasteiger partial charge >= 0.3 is 0 Å². The summed E-state index contributed by atoms with van der Waals surface area (Å²) in [5, 5.41) is 39.0. The predicted molar refractivity (Wildman–Crippen MR) is 230 cm³/mol. The number of benzene rings is 1. The topological polar surface area (TPSA) is 397 Å². The number of nitrogens with zero attached hydrogens (tertiary/aromatic N) is 1. The van der Waals surface area contributed by atoms with Crippen LogP contribution in [-0.2, 0) is 64.0 Å². The summed E-state index contributed by atoms with van der Waals surface area (Å²) in [6, 6.07) is -3.79. The normalized spacial score (nSPS) is 21.6. The fourth-order valence-electron chi connectivity index (χ4n) is 6.36. The number of hydrogen-bond donors (Lipinski definition) is 12. The number of phenols is 1. The summed E-state index contributed by atoms with van der Waals surface area (Å²) in [5.41, 5.74) is 11.2. The lowest BCUT2D eigenvalue weighted by molar-refractivity contribution is -0.140. The Morgan fingerprint density at radius 1 is 0.818 bits per heavy atom. The average Bonchev–Trinajstić information content (AvgIpc) is 3.24. The number of aliphatic hydroxyl groups is 1. The number of phenolic OH excluding ortho intramolecular Hbond substituents is 1. The number of amides is 11. The molecule has 0 bridgehead atoms. The first-order valence-electron chi connectivity index (χ1n) is 21.0. The van der Waals surface area contributed by atoms with Crippen molar-refractivity contribution in [2.24, 2.45) is 17.4 Å². The summed E-state index contributed by atoms with van der Waals surface area (Å²) in [6.07, 6.45) is -4.17. The minimum atomic E-state index is -1.85. The molecule has 8 atom stereocenters. The van der Waals surface area contributed by atoms with Crippen LogP contribution in [0, 0.1) is 5.92 Å². The fraction of sp³-hybridized carbons (Fsp3) is 0.561. The largest absolute Gasteiger partial charge is 0.508 e. The summed E-state index contributed by atoms with van der Waals surface area (Å²) in [4.78, 5) is 158. The lowest BCUT2D eigenvalue weighted by atomic mass is 9.96. The van der Waals surface area contributed by atoms with Crippen LogP contribution in [0.1, 0.15) is 71.8 Å². The second-order valence-electron chi connectivity index (χ2n) is 15.9. The Kier molecular flexibility index (Phi) is 22.1. The molecule has 25 heteroatoms. The standard InChI is InChI=1S/C41H61N11O14/c1-6-20(2)34-40(65)47-25(11-13-29(42)56)36(61)49-28(16-30(43)57)37(62)48-26(41(66)52(5)19-33(60)50-35(22(4)54)39(64)45-17-21(3)53)12-14-31(58)44-18-32(59)46-27(38(63)51-34)15-23-7-9-24(55)10-8-23/h7-10,20,22,25-28,34-35,54-55H,6,11-19H2,1-5H3,(H2,42,56)(H2,43,57)(H,44,58)(H,45,64)(H,46,59)(H,47,65)(H,48,62)(H,49,61)(H,50,60)(H,51,63)/t20-,22-,25-,26-,27-,28-,34-,35-/m0/s1. The summed E-state index contributed by atoms with van der Waals surface area (Å²) in [7, 11) is 1.12. The maximum atomic E-state index is 13.9. The van der Waals surface area contributed by atoms with Crippen LogP contribution in [0.5, 0.6) is 5.75 Å². The van der Waals surface area contributed by atoms with Gasteiger partial charge in [-0.05, 0) is 50.3 Å². The molecule has 0 radical (unpaired) electrons. The summed E-state index contributed by atoms with van der Waals surface area (Å²) >= 11 is 0. The molecule has 1 fully saturated rings. The monoisotopic (exact) mass is 931 g/mol. The number of carbonyl (C=O) groups is 12.